The first-order chi connectivity index (χ1) is 10.4. The molecule has 0 bridgehead atoms. The third kappa shape index (κ3) is 12.2. The van der Waals surface area contributed by atoms with E-state index in [0.717, 1.165) is 5.92 Å². The molecule has 21 heavy (non-hydrogen) atoms. The lowest BCUT2D eigenvalue weighted by molar-refractivity contribution is 0.350. The van der Waals surface area contributed by atoms with Gasteiger partial charge in [0.25, 0.3) is 0 Å². The first-order valence-electron chi connectivity index (χ1n) is 10.3. The second-order valence-electron chi connectivity index (χ2n) is 7.31. The fourth-order valence-corrected chi connectivity index (χ4v) is 3.37. The van der Waals surface area contributed by atoms with Gasteiger partial charge in [0.2, 0.25) is 0 Å². The van der Waals surface area contributed by atoms with Crippen LogP contribution in [0.4, 0.5) is 0 Å². The second kappa shape index (κ2) is 14.9. The molecule has 0 spiro atoms. The van der Waals surface area contributed by atoms with Gasteiger partial charge in [0, 0.05) is 0 Å². The predicted molar refractivity (Wildman–Crippen MR) is 96.6 cm³/mol. The van der Waals surface area contributed by atoms with E-state index in [1.54, 1.807) is 0 Å². The van der Waals surface area contributed by atoms with Gasteiger partial charge in [0.05, 0.1) is 0 Å². The molecule has 0 saturated heterocycles. The zero-order valence-corrected chi connectivity index (χ0v) is 14.9. The van der Waals surface area contributed by atoms with Crippen molar-refractivity contribution in [1.29, 1.82) is 0 Å². The standard InChI is InChI=1S/C21H41/c1-2-3-4-5-6-7-8-9-10-11-12-13-14-15-16-18-21-19-17-20-21/h18,21H,2-17,19-20H2,1H3. The minimum Gasteiger partial charge on any atom is -0.0654 e. The molecule has 1 rings (SSSR count). The topological polar surface area (TPSA) is 0 Å². The monoisotopic (exact) mass is 293 g/mol. The van der Waals surface area contributed by atoms with Crippen LogP contribution in [0.25, 0.3) is 0 Å². The number of hydrogen-bond acceptors (Lipinski definition) is 0. The Morgan fingerprint density at radius 1 is 0.619 bits per heavy atom. The smallest absolute Gasteiger partial charge is 0.0355 e. The van der Waals surface area contributed by atoms with Crippen LogP contribution in [0.3, 0.4) is 0 Å². The molecule has 0 nitrogen and oxygen atoms in total. The largest absolute Gasteiger partial charge is 0.0654 e. The normalized spacial score (nSPS) is 15.3. The van der Waals surface area contributed by atoms with E-state index in [1.807, 2.05) is 0 Å². The molecule has 0 unspecified atom stereocenters. The van der Waals surface area contributed by atoms with Gasteiger partial charge in [0.15, 0.2) is 0 Å². The maximum atomic E-state index is 2.60. The Kier molecular flexibility index (Phi) is 13.5. The van der Waals surface area contributed by atoms with Gasteiger partial charge in [-0.15, -0.1) is 0 Å². The molecule has 1 fully saturated rings. The van der Waals surface area contributed by atoms with Crippen molar-refractivity contribution in [3.63, 3.8) is 0 Å². The van der Waals surface area contributed by atoms with Crippen LogP contribution >= 0.6 is 0 Å². The number of hydrogen-bond donors (Lipinski definition) is 0. The quantitative estimate of drug-likeness (QED) is 0.254. The Morgan fingerprint density at radius 3 is 1.43 bits per heavy atom. The van der Waals surface area contributed by atoms with Gasteiger partial charge in [0.1, 0.15) is 0 Å². The number of rotatable bonds is 16. The van der Waals surface area contributed by atoms with Crippen molar-refractivity contribution in [3.05, 3.63) is 6.42 Å². The molecule has 1 aliphatic rings. The van der Waals surface area contributed by atoms with Crippen molar-refractivity contribution in [3.8, 4) is 0 Å². The highest BCUT2D eigenvalue weighted by atomic mass is 14.2. The lowest BCUT2D eigenvalue weighted by Crippen LogP contribution is -2.10. The molecule has 1 radical (unpaired) electrons. The van der Waals surface area contributed by atoms with E-state index in [0.29, 0.717) is 0 Å². The maximum absolute atomic E-state index is 2.60. The zero-order chi connectivity index (χ0) is 15.0. The fourth-order valence-electron chi connectivity index (χ4n) is 3.37. The van der Waals surface area contributed by atoms with Gasteiger partial charge in [-0.1, -0.05) is 116 Å². The molecule has 1 aliphatic carbocycles. The van der Waals surface area contributed by atoms with Crippen LogP contribution in [0.5, 0.6) is 0 Å². The minimum absolute atomic E-state index is 1.01. The lowest BCUT2D eigenvalue weighted by atomic mass is 9.81. The van der Waals surface area contributed by atoms with Gasteiger partial charge >= 0.3 is 0 Å². The summed E-state index contributed by atoms with van der Waals surface area (Å²) in [5.74, 6) is 1.01. The van der Waals surface area contributed by atoms with Gasteiger partial charge in [-0.05, 0) is 18.8 Å². The highest BCUT2D eigenvalue weighted by Gasteiger charge is 2.16. The van der Waals surface area contributed by atoms with Crippen LogP contribution in [-0.2, 0) is 0 Å². The minimum atomic E-state index is 1.01. The third-order valence-electron chi connectivity index (χ3n) is 5.21. The average Bonchev–Trinajstić information content (AvgIpc) is 2.45. The van der Waals surface area contributed by atoms with Crippen LogP contribution in [0.2, 0.25) is 0 Å². The first-order valence-corrected chi connectivity index (χ1v) is 10.3. The summed E-state index contributed by atoms with van der Waals surface area (Å²) in [7, 11) is 0. The van der Waals surface area contributed by atoms with Crippen LogP contribution in [0, 0.1) is 12.3 Å². The average molecular weight is 294 g/mol. The molecule has 0 amide bonds. The predicted octanol–water partition coefficient (Wildman–Crippen LogP) is 7.86. The molecule has 0 aromatic carbocycles. The highest BCUT2D eigenvalue weighted by Crippen LogP contribution is 2.30. The van der Waals surface area contributed by atoms with Crippen LogP contribution in [0.1, 0.15) is 122 Å². The Balaban J connectivity index is 1.61. The summed E-state index contributed by atoms with van der Waals surface area (Å²) in [4.78, 5) is 0. The van der Waals surface area contributed by atoms with Gasteiger partial charge < -0.3 is 0 Å². The van der Waals surface area contributed by atoms with E-state index in [2.05, 4.69) is 13.3 Å². The zero-order valence-electron chi connectivity index (χ0n) is 14.9. The summed E-state index contributed by atoms with van der Waals surface area (Å²) in [5.41, 5.74) is 0. The van der Waals surface area contributed by atoms with Crippen LogP contribution < -0.4 is 0 Å². The van der Waals surface area contributed by atoms with E-state index in [4.69, 9.17) is 0 Å². The molecule has 0 heteroatoms. The molecular weight excluding hydrogens is 252 g/mol. The molecule has 0 atom stereocenters. The molecule has 125 valence electrons. The van der Waals surface area contributed by atoms with Crippen LogP contribution in [0.15, 0.2) is 0 Å². The third-order valence-corrected chi connectivity index (χ3v) is 5.21. The molecule has 0 N–H and O–H groups in total. The van der Waals surface area contributed by atoms with Crippen molar-refractivity contribution in [2.75, 3.05) is 0 Å². The molecule has 0 heterocycles. The second-order valence-corrected chi connectivity index (χ2v) is 7.31. The first kappa shape index (κ1) is 19.0. The van der Waals surface area contributed by atoms with Gasteiger partial charge in [-0.25, -0.2) is 0 Å². The Bertz CT molecular complexity index is 192. The van der Waals surface area contributed by atoms with Crippen molar-refractivity contribution >= 4 is 0 Å². The van der Waals surface area contributed by atoms with E-state index in [9.17, 15) is 0 Å². The fraction of sp³-hybridized carbons (Fsp3) is 0.952. The van der Waals surface area contributed by atoms with Crippen molar-refractivity contribution in [1.82, 2.24) is 0 Å². The summed E-state index contributed by atoms with van der Waals surface area (Å²) in [6.45, 7) is 2.30. The van der Waals surface area contributed by atoms with E-state index in [-0.39, 0.29) is 0 Å². The van der Waals surface area contributed by atoms with Crippen molar-refractivity contribution < 1.29 is 0 Å². The SMILES string of the molecule is CCCCCCCCCCCCCCCC[CH]C1CCC1. The summed E-state index contributed by atoms with van der Waals surface area (Å²) in [6, 6.07) is 0. The summed E-state index contributed by atoms with van der Waals surface area (Å²) in [6.07, 6.45) is 29.0. The van der Waals surface area contributed by atoms with Gasteiger partial charge in [-0.3, -0.25) is 0 Å². The van der Waals surface area contributed by atoms with Crippen molar-refractivity contribution in [2.45, 2.75) is 122 Å². The highest BCUT2D eigenvalue weighted by molar-refractivity contribution is 4.82. The van der Waals surface area contributed by atoms with Crippen LogP contribution in [-0.4, -0.2) is 0 Å². The van der Waals surface area contributed by atoms with E-state index < -0.39 is 0 Å². The maximum Gasteiger partial charge on any atom is -0.0355 e. The Hall–Kier alpha value is 0. The van der Waals surface area contributed by atoms with Crippen molar-refractivity contribution in [2.24, 2.45) is 5.92 Å². The van der Waals surface area contributed by atoms with E-state index >= 15 is 0 Å². The van der Waals surface area contributed by atoms with E-state index in [1.165, 1.54) is 116 Å². The number of unbranched alkanes of at least 4 members (excludes halogenated alkanes) is 14. The Labute approximate surface area is 135 Å². The lowest BCUT2D eigenvalue weighted by Gasteiger charge is -2.24. The molecule has 0 aromatic heterocycles. The molecular formula is C21H41. The molecule has 1 saturated carbocycles. The Morgan fingerprint density at radius 2 is 1.05 bits per heavy atom. The van der Waals surface area contributed by atoms with Gasteiger partial charge in [-0.2, -0.15) is 0 Å². The summed E-state index contributed by atoms with van der Waals surface area (Å²) in [5, 5.41) is 0. The summed E-state index contributed by atoms with van der Waals surface area (Å²) >= 11 is 0. The molecule has 0 aliphatic heterocycles. The molecule has 0 aromatic rings. The summed E-state index contributed by atoms with van der Waals surface area (Å²) < 4.78 is 0.